The Balaban J connectivity index is 1.64. The predicted molar refractivity (Wildman–Crippen MR) is 124 cm³/mol. The Bertz CT molecular complexity index is 1340. The van der Waals surface area contributed by atoms with Gasteiger partial charge >= 0.3 is 0 Å². The molecule has 172 valence electrons. The molecule has 10 heteroatoms. The van der Waals surface area contributed by atoms with Gasteiger partial charge in [0.15, 0.2) is 5.65 Å². The van der Waals surface area contributed by atoms with Gasteiger partial charge < -0.3 is 14.8 Å². The average Bonchev–Trinajstić information content (AvgIpc) is 3.27. The fourth-order valence-corrected chi connectivity index (χ4v) is 3.17. The van der Waals surface area contributed by atoms with Gasteiger partial charge in [-0.1, -0.05) is 18.2 Å². The van der Waals surface area contributed by atoms with Gasteiger partial charge in [-0.15, -0.1) is 0 Å². The highest BCUT2D eigenvalue weighted by molar-refractivity contribution is 5.94. The molecule has 0 radical (unpaired) electrons. The lowest BCUT2D eigenvalue weighted by Crippen LogP contribution is -2.38. The molecule has 0 aliphatic carbocycles. The van der Waals surface area contributed by atoms with Crippen LogP contribution in [0.4, 0.5) is 5.82 Å². The van der Waals surface area contributed by atoms with Crippen LogP contribution < -0.4 is 10.1 Å². The summed E-state index contributed by atoms with van der Waals surface area (Å²) in [6.07, 6.45) is 3.42. The van der Waals surface area contributed by atoms with Gasteiger partial charge in [-0.05, 0) is 44.5 Å². The van der Waals surface area contributed by atoms with Crippen molar-refractivity contribution in [1.29, 1.82) is 5.26 Å². The number of hydrogen-bond donors (Lipinski definition) is 1. The molecule has 3 heterocycles. The largest absolute Gasteiger partial charge is 0.461 e. The van der Waals surface area contributed by atoms with Crippen LogP contribution in [-0.2, 0) is 9.53 Å². The minimum absolute atomic E-state index is 0.00621. The molecule has 4 rings (SSSR count). The normalized spacial score (nSPS) is 11.9. The van der Waals surface area contributed by atoms with Crippen molar-refractivity contribution in [3.8, 4) is 17.6 Å². The summed E-state index contributed by atoms with van der Waals surface area (Å²) in [5, 5.41) is 17.1. The van der Waals surface area contributed by atoms with Crippen molar-refractivity contribution in [2.75, 3.05) is 11.9 Å². The number of rotatable bonds is 8. The van der Waals surface area contributed by atoms with Crippen molar-refractivity contribution in [2.24, 2.45) is 0 Å². The molecule has 34 heavy (non-hydrogen) atoms. The van der Waals surface area contributed by atoms with Crippen LogP contribution in [-0.4, -0.2) is 49.5 Å². The zero-order valence-electron chi connectivity index (χ0n) is 19.0. The van der Waals surface area contributed by atoms with E-state index in [1.807, 2.05) is 32.9 Å². The highest BCUT2D eigenvalue weighted by Crippen LogP contribution is 2.25. The smallest absolute Gasteiger partial charge is 0.269 e. The van der Waals surface area contributed by atoms with E-state index in [0.717, 1.165) is 5.56 Å². The summed E-state index contributed by atoms with van der Waals surface area (Å²) < 4.78 is 13.2. The Hall–Kier alpha value is -4.36. The first-order valence-electron chi connectivity index (χ1n) is 10.7. The first-order valence-corrected chi connectivity index (χ1v) is 10.7. The number of anilines is 1. The Morgan fingerprint density at radius 1 is 1.15 bits per heavy atom. The van der Waals surface area contributed by atoms with Gasteiger partial charge in [-0.2, -0.15) is 10.4 Å². The Morgan fingerprint density at radius 2 is 1.97 bits per heavy atom. The maximum absolute atomic E-state index is 13.0. The number of aryl methyl sites for hydroxylation is 1. The van der Waals surface area contributed by atoms with Crippen LogP contribution in [0.5, 0.6) is 5.88 Å². The van der Waals surface area contributed by atoms with Crippen LogP contribution in [0.25, 0.3) is 16.7 Å². The van der Waals surface area contributed by atoms with Gasteiger partial charge in [0.2, 0.25) is 12.0 Å². The SMILES string of the molecule is Cc1ccc(NC(=O)C(COC(C)C)Oc2ncnc3c2cnn3-c2ccccc2C#N)nc1. The van der Waals surface area contributed by atoms with E-state index >= 15 is 0 Å². The molecule has 0 aliphatic heterocycles. The summed E-state index contributed by atoms with van der Waals surface area (Å²) in [4.78, 5) is 25.8. The molecule has 0 bridgehead atoms. The second-order valence-electron chi connectivity index (χ2n) is 7.80. The standard InChI is InChI=1S/C24H23N7O3/c1-15(2)33-13-20(23(32)30-21-9-8-16(3)11-26-21)34-24-18-12-29-31(22(18)27-14-28-24)19-7-5-4-6-17(19)10-25/h4-9,11-12,14-15,20H,13H2,1-3H3,(H,26,30,32). The molecule has 0 spiro atoms. The monoisotopic (exact) mass is 457 g/mol. The third kappa shape index (κ3) is 5.00. The first kappa shape index (κ1) is 22.8. The second kappa shape index (κ2) is 10.1. The summed E-state index contributed by atoms with van der Waals surface area (Å²) >= 11 is 0. The molecule has 3 aromatic heterocycles. The Labute approximate surface area is 196 Å². The van der Waals surface area contributed by atoms with Crippen molar-refractivity contribution in [2.45, 2.75) is 33.0 Å². The molecule has 4 aromatic rings. The number of para-hydroxylation sites is 1. The fraction of sp³-hybridized carbons (Fsp3) is 0.250. The third-order valence-electron chi connectivity index (χ3n) is 4.87. The van der Waals surface area contributed by atoms with Crippen LogP contribution in [0, 0.1) is 18.3 Å². The number of hydrogen-bond acceptors (Lipinski definition) is 8. The van der Waals surface area contributed by atoms with E-state index in [9.17, 15) is 10.1 Å². The van der Waals surface area contributed by atoms with Gasteiger partial charge in [0.1, 0.15) is 23.6 Å². The summed E-state index contributed by atoms with van der Waals surface area (Å²) in [5.41, 5.74) is 2.44. The number of nitrogens with one attached hydrogen (secondary N) is 1. The zero-order valence-corrected chi connectivity index (χ0v) is 19.0. The molecule has 1 unspecified atom stereocenters. The number of pyridine rings is 1. The first-order chi connectivity index (χ1) is 16.5. The highest BCUT2D eigenvalue weighted by Gasteiger charge is 2.25. The van der Waals surface area contributed by atoms with Crippen molar-refractivity contribution < 1.29 is 14.3 Å². The summed E-state index contributed by atoms with van der Waals surface area (Å²) in [6, 6.07) is 12.8. The second-order valence-corrected chi connectivity index (χ2v) is 7.80. The average molecular weight is 457 g/mol. The number of amides is 1. The van der Waals surface area contributed by atoms with Crippen molar-refractivity contribution in [1.82, 2.24) is 24.7 Å². The lowest BCUT2D eigenvalue weighted by Gasteiger charge is -2.19. The number of ether oxygens (including phenoxy) is 2. The van der Waals surface area contributed by atoms with E-state index < -0.39 is 12.0 Å². The number of benzene rings is 1. The van der Waals surface area contributed by atoms with Gasteiger partial charge in [-0.25, -0.2) is 19.6 Å². The number of nitriles is 1. The topological polar surface area (TPSA) is 128 Å². The molecule has 0 aliphatic rings. The van der Waals surface area contributed by atoms with E-state index in [1.165, 1.54) is 6.33 Å². The van der Waals surface area contributed by atoms with Crippen LogP contribution in [0.3, 0.4) is 0 Å². The van der Waals surface area contributed by atoms with Crippen LogP contribution in [0.15, 0.2) is 55.1 Å². The van der Waals surface area contributed by atoms with Crippen molar-refractivity contribution in [3.63, 3.8) is 0 Å². The van der Waals surface area contributed by atoms with Gasteiger partial charge in [0.25, 0.3) is 5.91 Å². The molecule has 1 N–H and O–H groups in total. The van der Waals surface area contributed by atoms with Gasteiger partial charge in [-0.3, -0.25) is 4.79 Å². The van der Waals surface area contributed by atoms with Crippen molar-refractivity contribution >= 4 is 22.8 Å². The van der Waals surface area contributed by atoms with Crippen LogP contribution >= 0.6 is 0 Å². The fourth-order valence-electron chi connectivity index (χ4n) is 3.17. The lowest BCUT2D eigenvalue weighted by atomic mass is 10.2. The van der Waals surface area contributed by atoms with E-state index in [4.69, 9.17) is 9.47 Å². The molecule has 10 nitrogen and oxygen atoms in total. The Morgan fingerprint density at radius 3 is 2.71 bits per heavy atom. The number of aromatic nitrogens is 5. The summed E-state index contributed by atoms with van der Waals surface area (Å²) in [5.74, 6) is 0.156. The predicted octanol–water partition coefficient (Wildman–Crippen LogP) is 3.20. The molecule has 1 aromatic carbocycles. The van der Waals surface area contributed by atoms with Gasteiger partial charge in [0, 0.05) is 6.20 Å². The van der Waals surface area contributed by atoms with E-state index in [1.54, 1.807) is 41.3 Å². The van der Waals surface area contributed by atoms with E-state index in [2.05, 4.69) is 31.4 Å². The summed E-state index contributed by atoms with van der Waals surface area (Å²) in [6.45, 7) is 5.66. The van der Waals surface area contributed by atoms with E-state index in [0.29, 0.717) is 28.1 Å². The maximum atomic E-state index is 13.0. The minimum atomic E-state index is -1.00. The van der Waals surface area contributed by atoms with E-state index in [-0.39, 0.29) is 18.6 Å². The highest BCUT2D eigenvalue weighted by atomic mass is 16.5. The molecule has 0 saturated carbocycles. The van der Waals surface area contributed by atoms with Gasteiger partial charge in [0.05, 0.1) is 30.2 Å². The molecular weight excluding hydrogens is 434 g/mol. The number of carbonyl (C=O) groups excluding carboxylic acids is 1. The zero-order chi connectivity index (χ0) is 24.1. The third-order valence-corrected chi connectivity index (χ3v) is 4.87. The number of carbonyl (C=O) groups is 1. The Kier molecular flexibility index (Phi) is 6.75. The molecular formula is C24H23N7O3. The van der Waals surface area contributed by atoms with Crippen LogP contribution in [0.1, 0.15) is 25.0 Å². The lowest BCUT2D eigenvalue weighted by molar-refractivity contribution is -0.126. The molecule has 0 saturated heterocycles. The quantitative estimate of drug-likeness (QED) is 0.427. The van der Waals surface area contributed by atoms with Crippen LogP contribution in [0.2, 0.25) is 0 Å². The molecule has 0 fully saturated rings. The summed E-state index contributed by atoms with van der Waals surface area (Å²) in [7, 11) is 0. The molecule has 1 amide bonds. The molecule has 1 atom stereocenters. The maximum Gasteiger partial charge on any atom is 0.269 e. The van der Waals surface area contributed by atoms with Crippen molar-refractivity contribution in [3.05, 3.63) is 66.2 Å². The minimum Gasteiger partial charge on any atom is -0.461 e. The number of fused-ring (bicyclic) bond motifs is 1. The number of nitrogens with zero attached hydrogens (tertiary/aromatic N) is 6.